The number of carbonyl (C=O) groups excluding carboxylic acids is 1. The molecule has 0 saturated carbocycles. The Morgan fingerprint density at radius 1 is 1.15 bits per heavy atom. The molecule has 8 heteroatoms. The summed E-state index contributed by atoms with van der Waals surface area (Å²) < 4.78 is 13.0. The molecule has 0 atom stereocenters. The van der Waals surface area contributed by atoms with Gasteiger partial charge in [0.2, 0.25) is 5.95 Å². The predicted molar refractivity (Wildman–Crippen MR) is 95.3 cm³/mol. The average molecular weight is 350 g/mol. The van der Waals surface area contributed by atoms with Gasteiger partial charge in [-0.05, 0) is 38.1 Å². The van der Waals surface area contributed by atoms with E-state index >= 15 is 0 Å². The van der Waals surface area contributed by atoms with Crippen molar-refractivity contribution in [2.45, 2.75) is 13.8 Å². The van der Waals surface area contributed by atoms with Gasteiger partial charge in [0.05, 0.1) is 17.6 Å². The molecule has 4 aromatic rings. The van der Waals surface area contributed by atoms with Crippen LogP contribution in [0.5, 0.6) is 0 Å². The molecule has 130 valence electrons. The number of hydrogen-bond acceptors (Lipinski definition) is 4. The number of aryl methyl sites for hydroxylation is 1. The Morgan fingerprint density at radius 2 is 2.00 bits per heavy atom. The van der Waals surface area contributed by atoms with Crippen LogP contribution in [0.1, 0.15) is 21.7 Å². The van der Waals surface area contributed by atoms with Gasteiger partial charge in [-0.1, -0.05) is 0 Å². The first kappa shape index (κ1) is 15.9. The molecule has 4 heterocycles. The van der Waals surface area contributed by atoms with E-state index < -0.39 is 5.95 Å². The highest BCUT2D eigenvalue weighted by atomic mass is 19.1. The van der Waals surface area contributed by atoms with Crippen LogP contribution in [0.2, 0.25) is 0 Å². The number of nitrogens with one attached hydrogen (secondary N) is 3. The van der Waals surface area contributed by atoms with Crippen molar-refractivity contribution >= 4 is 22.6 Å². The smallest absolute Gasteiger partial charge is 0.273 e. The Balaban J connectivity index is 1.62. The highest BCUT2D eigenvalue weighted by Gasteiger charge is 2.14. The fourth-order valence-electron chi connectivity index (χ4n) is 2.68. The van der Waals surface area contributed by atoms with Gasteiger partial charge in [-0.2, -0.15) is 9.49 Å². The van der Waals surface area contributed by atoms with Gasteiger partial charge in [0.1, 0.15) is 11.3 Å². The molecule has 0 aliphatic rings. The molecular formula is C18H15FN6O. The van der Waals surface area contributed by atoms with Crippen molar-refractivity contribution in [1.29, 1.82) is 0 Å². The average Bonchev–Trinajstić information content (AvgIpc) is 3.19. The number of carbonyl (C=O) groups is 1. The van der Waals surface area contributed by atoms with E-state index in [-0.39, 0.29) is 5.91 Å². The van der Waals surface area contributed by atoms with Crippen molar-refractivity contribution in [2.75, 3.05) is 5.32 Å². The largest absolute Gasteiger partial charge is 0.339 e. The second-order valence-corrected chi connectivity index (χ2v) is 5.98. The van der Waals surface area contributed by atoms with E-state index in [1.54, 1.807) is 12.3 Å². The minimum atomic E-state index is -0.530. The molecule has 4 aromatic heterocycles. The monoisotopic (exact) mass is 350 g/mol. The summed E-state index contributed by atoms with van der Waals surface area (Å²) in [6.45, 7) is 3.67. The number of aromatic nitrogens is 5. The molecule has 4 rings (SSSR count). The summed E-state index contributed by atoms with van der Waals surface area (Å²) in [6, 6.07) is 6.63. The zero-order chi connectivity index (χ0) is 18.3. The third-order valence-corrected chi connectivity index (χ3v) is 4.25. The van der Waals surface area contributed by atoms with E-state index in [0.29, 0.717) is 17.0 Å². The van der Waals surface area contributed by atoms with E-state index in [1.807, 2.05) is 26.0 Å². The number of rotatable bonds is 3. The van der Waals surface area contributed by atoms with Gasteiger partial charge in [-0.3, -0.25) is 9.89 Å². The Hall–Kier alpha value is -3.55. The van der Waals surface area contributed by atoms with Crippen molar-refractivity contribution in [1.82, 2.24) is 25.1 Å². The van der Waals surface area contributed by atoms with Crippen LogP contribution in [0, 0.1) is 19.8 Å². The van der Waals surface area contributed by atoms with Crippen LogP contribution in [0.3, 0.4) is 0 Å². The van der Waals surface area contributed by atoms with E-state index in [4.69, 9.17) is 0 Å². The molecule has 1 amide bonds. The van der Waals surface area contributed by atoms with E-state index in [1.165, 1.54) is 12.3 Å². The van der Waals surface area contributed by atoms with Crippen LogP contribution in [-0.2, 0) is 0 Å². The zero-order valence-electron chi connectivity index (χ0n) is 14.1. The highest BCUT2D eigenvalue weighted by molar-refractivity contribution is 6.04. The molecule has 0 unspecified atom stereocenters. The Kier molecular flexibility index (Phi) is 3.72. The van der Waals surface area contributed by atoms with Crippen LogP contribution in [0.25, 0.3) is 22.3 Å². The number of pyridine rings is 2. The maximum atomic E-state index is 13.0. The molecule has 0 radical (unpaired) electrons. The number of halogens is 1. The van der Waals surface area contributed by atoms with Gasteiger partial charge in [-0.15, -0.1) is 0 Å². The minimum Gasteiger partial charge on any atom is -0.339 e. The lowest BCUT2D eigenvalue weighted by atomic mass is 10.2. The lowest BCUT2D eigenvalue weighted by Crippen LogP contribution is -2.13. The van der Waals surface area contributed by atoms with Crippen molar-refractivity contribution in [3.8, 4) is 11.3 Å². The molecule has 26 heavy (non-hydrogen) atoms. The summed E-state index contributed by atoms with van der Waals surface area (Å²) >= 11 is 0. The summed E-state index contributed by atoms with van der Waals surface area (Å²) in [5.41, 5.74) is 4.76. The molecule has 0 aromatic carbocycles. The van der Waals surface area contributed by atoms with Crippen molar-refractivity contribution in [2.24, 2.45) is 0 Å². The minimum absolute atomic E-state index is 0.275. The number of hydrogen-bond donors (Lipinski definition) is 3. The van der Waals surface area contributed by atoms with Crippen LogP contribution >= 0.6 is 0 Å². The number of anilines is 1. The molecule has 7 nitrogen and oxygen atoms in total. The summed E-state index contributed by atoms with van der Waals surface area (Å²) in [6.07, 6.45) is 3.02. The quantitative estimate of drug-likeness (QED) is 0.493. The maximum Gasteiger partial charge on any atom is 0.273 e. The maximum absolute atomic E-state index is 13.0. The summed E-state index contributed by atoms with van der Waals surface area (Å²) in [5, 5.41) is 10.4. The second-order valence-electron chi connectivity index (χ2n) is 5.98. The topological polar surface area (TPSA) is 99.4 Å². The SMILES string of the molecule is Cc1n[nH]c(C(=O)Nc2cnc3[nH]c(-c4ccc(F)nc4)cc3c2)c1C. The van der Waals surface area contributed by atoms with Crippen molar-refractivity contribution in [3.63, 3.8) is 0 Å². The molecule has 0 saturated heterocycles. The van der Waals surface area contributed by atoms with Crippen molar-refractivity contribution < 1.29 is 9.18 Å². The van der Waals surface area contributed by atoms with E-state index in [0.717, 1.165) is 27.9 Å². The molecule has 0 aliphatic carbocycles. The van der Waals surface area contributed by atoms with Crippen LogP contribution < -0.4 is 5.32 Å². The summed E-state index contributed by atoms with van der Waals surface area (Å²) in [4.78, 5) is 23.5. The molecule has 0 aliphatic heterocycles. The third kappa shape index (κ3) is 2.81. The first-order valence-electron chi connectivity index (χ1n) is 7.95. The standard InChI is InChI=1S/C18H15FN6O/c1-9-10(2)24-25-16(9)18(26)22-13-5-12-6-14(23-17(12)21-8-13)11-3-4-15(19)20-7-11/h3-8H,1-2H3,(H,21,23)(H,22,26)(H,24,25). The third-order valence-electron chi connectivity index (χ3n) is 4.25. The summed E-state index contributed by atoms with van der Waals surface area (Å²) in [7, 11) is 0. The van der Waals surface area contributed by atoms with Gasteiger partial charge in [0, 0.05) is 28.4 Å². The van der Waals surface area contributed by atoms with Gasteiger partial charge in [0.25, 0.3) is 5.91 Å². The van der Waals surface area contributed by atoms with Gasteiger partial charge >= 0.3 is 0 Å². The van der Waals surface area contributed by atoms with Gasteiger partial charge < -0.3 is 10.3 Å². The normalized spacial score (nSPS) is 11.0. The number of nitrogens with zero attached hydrogens (tertiary/aromatic N) is 3. The van der Waals surface area contributed by atoms with Crippen LogP contribution in [0.4, 0.5) is 10.1 Å². The fourth-order valence-corrected chi connectivity index (χ4v) is 2.68. The molecular weight excluding hydrogens is 335 g/mol. The van der Waals surface area contributed by atoms with E-state index in [9.17, 15) is 9.18 Å². The van der Waals surface area contributed by atoms with Gasteiger partial charge in [0.15, 0.2) is 0 Å². The fraction of sp³-hybridized carbons (Fsp3) is 0.111. The van der Waals surface area contributed by atoms with Crippen LogP contribution in [-0.4, -0.2) is 31.1 Å². The number of amides is 1. The van der Waals surface area contributed by atoms with E-state index in [2.05, 4.69) is 30.5 Å². The molecule has 3 N–H and O–H groups in total. The first-order valence-corrected chi connectivity index (χ1v) is 7.95. The van der Waals surface area contributed by atoms with Gasteiger partial charge in [-0.25, -0.2) is 9.97 Å². The molecule has 0 spiro atoms. The lowest BCUT2D eigenvalue weighted by molar-refractivity contribution is 0.102. The number of H-pyrrole nitrogens is 2. The Bertz CT molecular complexity index is 1110. The Morgan fingerprint density at radius 3 is 2.69 bits per heavy atom. The number of fused-ring (bicyclic) bond motifs is 1. The first-order chi connectivity index (χ1) is 12.5. The lowest BCUT2D eigenvalue weighted by Gasteiger charge is -2.04. The Labute approximate surface area is 147 Å². The summed E-state index contributed by atoms with van der Waals surface area (Å²) in [5.74, 6) is -0.805. The van der Waals surface area contributed by atoms with Crippen LogP contribution in [0.15, 0.2) is 36.7 Å². The predicted octanol–water partition coefficient (Wildman–Crippen LogP) is 3.36. The second kappa shape index (κ2) is 6.07. The zero-order valence-corrected chi connectivity index (χ0v) is 14.1. The van der Waals surface area contributed by atoms with Crippen molar-refractivity contribution in [3.05, 3.63) is 59.6 Å². The molecule has 0 fully saturated rings. The molecule has 0 bridgehead atoms. The number of aromatic amines is 2. The highest BCUT2D eigenvalue weighted by Crippen LogP contribution is 2.24.